The molecule has 9 heteroatoms. The number of hydrogen-bond acceptors (Lipinski definition) is 8. The Bertz CT molecular complexity index is 1060. The molecule has 29 heavy (non-hydrogen) atoms. The molecule has 0 amide bonds. The molecule has 3 rings (SSSR count). The van der Waals surface area contributed by atoms with Gasteiger partial charge in [-0.1, -0.05) is 6.07 Å². The van der Waals surface area contributed by atoms with Crippen LogP contribution >= 0.6 is 0 Å². The highest BCUT2D eigenvalue weighted by atomic mass is 16.6. The predicted molar refractivity (Wildman–Crippen MR) is 105 cm³/mol. The summed E-state index contributed by atoms with van der Waals surface area (Å²) >= 11 is 0. The lowest BCUT2D eigenvalue weighted by molar-refractivity contribution is -0.385. The molecule has 0 saturated carbocycles. The Morgan fingerprint density at radius 2 is 1.79 bits per heavy atom. The van der Waals surface area contributed by atoms with Crippen molar-refractivity contribution in [1.29, 1.82) is 0 Å². The number of carbonyl (C=O) groups is 1. The second kappa shape index (κ2) is 8.01. The lowest BCUT2D eigenvalue weighted by atomic mass is 10.1. The number of nitro benzene ring substituents is 1. The van der Waals surface area contributed by atoms with Crippen molar-refractivity contribution in [3.8, 4) is 17.2 Å². The van der Waals surface area contributed by atoms with Crippen molar-refractivity contribution in [2.45, 2.75) is 6.92 Å². The molecule has 0 atom stereocenters. The first kappa shape index (κ1) is 19.9. The van der Waals surface area contributed by atoms with Crippen LogP contribution in [0.15, 0.2) is 41.0 Å². The first-order chi connectivity index (χ1) is 13.9. The molecule has 0 N–H and O–H groups in total. The fraction of sp³-hybridized carbons (Fsp3) is 0.200. The normalized spacial score (nSPS) is 14.4. The summed E-state index contributed by atoms with van der Waals surface area (Å²) in [6.07, 6.45) is 1.49. The van der Waals surface area contributed by atoms with Gasteiger partial charge in [0.15, 0.2) is 17.2 Å². The molecule has 0 aromatic heterocycles. The molecule has 9 nitrogen and oxygen atoms in total. The number of esters is 1. The van der Waals surface area contributed by atoms with Crippen LogP contribution in [0.4, 0.5) is 5.69 Å². The lowest BCUT2D eigenvalue weighted by Crippen LogP contribution is -2.08. The summed E-state index contributed by atoms with van der Waals surface area (Å²) in [5.74, 6) is 0.526. The predicted octanol–water partition coefficient (Wildman–Crippen LogP) is 3.27. The number of nitro groups is 1. The minimum atomic E-state index is -0.678. The third-order valence-corrected chi connectivity index (χ3v) is 4.38. The zero-order chi connectivity index (χ0) is 21.1. The summed E-state index contributed by atoms with van der Waals surface area (Å²) in [6, 6.07) is 7.85. The van der Waals surface area contributed by atoms with E-state index in [1.54, 1.807) is 25.1 Å². The van der Waals surface area contributed by atoms with Crippen LogP contribution in [0.1, 0.15) is 16.7 Å². The molecule has 0 spiro atoms. The molecule has 0 radical (unpaired) electrons. The maximum Gasteiger partial charge on any atom is 0.363 e. The first-order valence-electron chi connectivity index (χ1n) is 8.47. The van der Waals surface area contributed by atoms with Crippen LogP contribution in [0.25, 0.3) is 6.08 Å². The Morgan fingerprint density at radius 3 is 2.41 bits per heavy atom. The summed E-state index contributed by atoms with van der Waals surface area (Å²) in [7, 11) is 4.44. The Labute approximate surface area is 166 Å². The number of hydrogen-bond donors (Lipinski definition) is 0. The van der Waals surface area contributed by atoms with Gasteiger partial charge >= 0.3 is 5.97 Å². The highest BCUT2D eigenvalue weighted by molar-refractivity contribution is 6.13. The van der Waals surface area contributed by atoms with Crippen LogP contribution in [0, 0.1) is 17.0 Å². The van der Waals surface area contributed by atoms with Gasteiger partial charge in [-0.2, -0.15) is 0 Å². The van der Waals surface area contributed by atoms with Gasteiger partial charge in [-0.05, 0) is 31.2 Å². The van der Waals surface area contributed by atoms with E-state index in [0.717, 1.165) is 0 Å². The monoisotopic (exact) mass is 398 g/mol. The van der Waals surface area contributed by atoms with Crippen molar-refractivity contribution in [3.63, 3.8) is 0 Å². The number of benzene rings is 2. The van der Waals surface area contributed by atoms with Gasteiger partial charge < -0.3 is 18.9 Å². The van der Waals surface area contributed by atoms with Gasteiger partial charge in [0.05, 0.1) is 26.3 Å². The van der Waals surface area contributed by atoms with E-state index in [4.69, 9.17) is 18.9 Å². The van der Waals surface area contributed by atoms with Crippen molar-refractivity contribution in [1.82, 2.24) is 0 Å². The molecular formula is C20H18N2O7. The average molecular weight is 398 g/mol. The molecule has 0 saturated heterocycles. The number of rotatable bonds is 6. The number of carbonyl (C=O) groups excluding carboxylic acids is 1. The number of aliphatic imine (C=N–C) groups is 1. The second-order valence-corrected chi connectivity index (χ2v) is 5.97. The van der Waals surface area contributed by atoms with Gasteiger partial charge in [-0.25, -0.2) is 9.79 Å². The van der Waals surface area contributed by atoms with Crippen LogP contribution in [-0.4, -0.2) is 38.1 Å². The highest BCUT2D eigenvalue weighted by Crippen LogP contribution is 2.41. The first-order valence-corrected chi connectivity index (χ1v) is 8.47. The third-order valence-electron chi connectivity index (χ3n) is 4.38. The second-order valence-electron chi connectivity index (χ2n) is 5.97. The molecule has 0 unspecified atom stereocenters. The standard InChI is InChI=1S/C20H18N2O7/c1-11-13(6-5-7-15(11)22(24)25)19-21-14(20(23)29-19)10-12-8-9-16(26-2)18(28-4)17(12)27-3/h5-10H,1-4H3/b14-10-. The van der Waals surface area contributed by atoms with E-state index in [-0.39, 0.29) is 17.3 Å². The smallest absolute Gasteiger partial charge is 0.363 e. The molecule has 1 aliphatic heterocycles. The van der Waals surface area contributed by atoms with Gasteiger partial charge in [0.1, 0.15) is 0 Å². The molecule has 0 fully saturated rings. The number of nitrogens with zero attached hydrogens (tertiary/aromatic N) is 2. The molecule has 0 aliphatic carbocycles. The minimum absolute atomic E-state index is 0.00175. The molecule has 1 aliphatic rings. The van der Waals surface area contributed by atoms with E-state index in [1.807, 2.05) is 0 Å². The van der Waals surface area contributed by atoms with Gasteiger partial charge in [-0.3, -0.25) is 10.1 Å². The molecular weight excluding hydrogens is 380 g/mol. The Morgan fingerprint density at radius 1 is 1.07 bits per heavy atom. The van der Waals surface area contributed by atoms with Gasteiger partial charge in [0.2, 0.25) is 11.6 Å². The van der Waals surface area contributed by atoms with Gasteiger partial charge in [0.25, 0.3) is 5.69 Å². The Hall–Kier alpha value is -3.88. The summed E-state index contributed by atoms with van der Waals surface area (Å²) < 4.78 is 21.2. The topological polar surface area (TPSA) is 109 Å². The number of methoxy groups -OCH3 is 3. The quantitative estimate of drug-likeness (QED) is 0.318. The summed E-state index contributed by atoms with van der Waals surface area (Å²) in [4.78, 5) is 27.2. The van der Waals surface area contributed by atoms with Crippen LogP contribution in [0.3, 0.4) is 0 Å². The van der Waals surface area contributed by atoms with Crippen molar-refractivity contribution in [3.05, 3.63) is 62.8 Å². The fourth-order valence-electron chi connectivity index (χ4n) is 2.96. The zero-order valence-electron chi connectivity index (χ0n) is 16.2. The van der Waals surface area contributed by atoms with Crippen LogP contribution < -0.4 is 14.2 Å². The fourth-order valence-corrected chi connectivity index (χ4v) is 2.96. The molecule has 2 aromatic carbocycles. The SMILES string of the molecule is COc1ccc(/C=C2\N=C(c3cccc([N+](=O)[O-])c3C)OC2=O)c(OC)c1OC. The molecule has 150 valence electrons. The molecule has 1 heterocycles. The number of ether oxygens (including phenoxy) is 4. The van der Waals surface area contributed by atoms with Gasteiger partial charge in [0, 0.05) is 22.8 Å². The zero-order valence-corrected chi connectivity index (χ0v) is 16.2. The average Bonchev–Trinajstić information content (AvgIpc) is 3.07. The van der Waals surface area contributed by atoms with E-state index in [1.165, 1.54) is 39.5 Å². The maximum atomic E-state index is 12.3. The van der Waals surface area contributed by atoms with Crippen molar-refractivity contribution in [2.24, 2.45) is 4.99 Å². The van der Waals surface area contributed by atoms with E-state index in [9.17, 15) is 14.9 Å². The minimum Gasteiger partial charge on any atom is -0.493 e. The summed E-state index contributed by atoms with van der Waals surface area (Å²) in [5.41, 5.74) is 1.19. The van der Waals surface area contributed by atoms with Crippen molar-refractivity contribution >= 4 is 23.6 Å². The number of cyclic esters (lactones) is 1. The third kappa shape index (κ3) is 3.62. The van der Waals surface area contributed by atoms with Gasteiger partial charge in [-0.15, -0.1) is 0 Å². The molecule has 0 bridgehead atoms. The highest BCUT2D eigenvalue weighted by Gasteiger charge is 2.28. The van der Waals surface area contributed by atoms with E-state index in [0.29, 0.717) is 33.9 Å². The Kier molecular flexibility index (Phi) is 5.49. The van der Waals surface area contributed by atoms with Crippen molar-refractivity contribution in [2.75, 3.05) is 21.3 Å². The Balaban J connectivity index is 2.07. The van der Waals surface area contributed by atoms with Crippen LogP contribution in [0.2, 0.25) is 0 Å². The van der Waals surface area contributed by atoms with E-state index < -0.39 is 10.9 Å². The summed E-state index contributed by atoms with van der Waals surface area (Å²) in [5, 5.41) is 11.2. The van der Waals surface area contributed by atoms with Crippen LogP contribution in [-0.2, 0) is 9.53 Å². The van der Waals surface area contributed by atoms with Crippen molar-refractivity contribution < 1.29 is 28.7 Å². The van der Waals surface area contributed by atoms with Crippen LogP contribution in [0.5, 0.6) is 17.2 Å². The summed E-state index contributed by atoms with van der Waals surface area (Å²) in [6.45, 7) is 1.57. The maximum absolute atomic E-state index is 12.3. The largest absolute Gasteiger partial charge is 0.493 e. The molecule has 2 aromatic rings. The lowest BCUT2D eigenvalue weighted by Gasteiger charge is -2.14. The van der Waals surface area contributed by atoms with E-state index in [2.05, 4.69) is 4.99 Å². The van der Waals surface area contributed by atoms with E-state index >= 15 is 0 Å².